The summed E-state index contributed by atoms with van der Waals surface area (Å²) < 4.78 is 16.1. The van der Waals surface area contributed by atoms with Crippen molar-refractivity contribution in [1.82, 2.24) is 16.0 Å². The lowest BCUT2D eigenvalue weighted by atomic mass is 9.94. The Morgan fingerprint density at radius 1 is 1.19 bits per heavy atom. The molecule has 0 aromatic heterocycles. The molecule has 168 valence electrons. The first kappa shape index (κ1) is 22.0. The van der Waals surface area contributed by atoms with Gasteiger partial charge in [0.05, 0.1) is 18.2 Å². The highest BCUT2D eigenvalue weighted by Gasteiger charge is 2.34. The largest absolute Gasteiger partial charge is 0.463 e. The fraction of sp³-hybridized carbons (Fsp3) is 0.304. The molecule has 0 aliphatic carbocycles. The third-order valence-corrected chi connectivity index (χ3v) is 5.44. The molecule has 1 atom stereocenters. The Bertz CT molecular complexity index is 1040. The van der Waals surface area contributed by atoms with E-state index in [1.807, 2.05) is 24.3 Å². The van der Waals surface area contributed by atoms with Crippen molar-refractivity contribution < 1.29 is 23.8 Å². The number of halogens is 1. The Morgan fingerprint density at radius 3 is 2.75 bits per heavy atom. The molecule has 2 aromatic carbocycles. The maximum absolute atomic E-state index is 12.9. The van der Waals surface area contributed by atoms with Crippen molar-refractivity contribution in [1.29, 1.82) is 0 Å². The zero-order valence-corrected chi connectivity index (χ0v) is 18.3. The Balaban J connectivity index is 1.54. The van der Waals surface area contributed by atoms with Gasteiger partial charge in [-0.1, -0.05) is 29.8 Å². The smallest absolute Gasteiger partial charge is 0.338 e. The number of carbonyl (C=O) groups is 2. The zero-order valence-electron chi connectivity index (χ0n) is 17.6. The molecular weight excluding hydrogens is 434 g/mol. The van der Waals surface area contributed by atoms with Gasteiger partial charge in [-0.05, 0) is 55.3 Å². The number of amides is 2. The topological polar surface area (TPSA) is 97.9 Å². The number of urea groups is 1. The molecule has 4 rings (SSSR count). The lowest BCUT2D eigenvalue weighted by Crippen LogP contribution is -2.48. The van der Waals surface area contributed by atoms with Crippen LogP contribution in [0.1, 0.15) is 24.1 Å². The van der Waals surface area contributed by atoms with Gasteiger partial charge < -0.3 is 30.2 Å². The Morgan fingerprint density at radius 2 is 1.97 bits per heavy atom. The maximum Gasteiger partial charge on any atom is 0.338 e. The standard InChI is InChI=1S/C23H24ClN3O5/c1-2-30-22(28)20-17(12-25-10-9-14-3-6-16(24)7-4-14)26-23(29)27-21(20)15-5-8-18-19(11-15)32-13-31-18/h3-8,11,21,25H,2,9-10,12-13H2,1H3,(H2,26,27,29)/t21-/m1/s1. The van der Waals surface area contributed by atoms with Gasteiger partial charge >= 0.3 is 12.0 Å². The van der Waals surface area contributed by atoms with Gasteiger partial charge in [-0.25, -0.2) is 9.59 Å². The monoisotopic (exact) mass is 457 g/mol. The molecule has 32 heavy (non-hydrogen) atoms. The van der Waals surface area contributed by atoms with Gasteiger partial charge in [-0.3, -0.25) is 0 Å². The van der Waals surface area contributed by atoms with Gasteiger partial charge in [0.1, 0.15) is 0 Å². The van der Waals surface area contributed by atoms with Gasteiger partial charge in [-0.15, -0.1) is 0 Å². The second-order valence-corrected chi connectivity index (χ2v) is 7.75. The van der Waals surface area contributed by atoms with Crippen LogP contribution in [0, 0.1) is 0 Å². The minimum atomic E-state index is -0.676. The maximum atomic E-state index is 12.9. The van der Waals surface area contributed by atoms with Crippen LogP contribution >= 0.6 is 11.6 Å². The third kappa shape index (κ3) is 4.98. The summed E-state index contributed by atoms with van der Waals surface area (Å²) >= 11 is 5.93. The van der Waals surface area contributed by atoms with Crippen molar-refractivity contribution in [3.63, 3.8) is 0 Å². The molecule has 0 unspecified atom stereocenters. The van der Waals surface area contributed by atoms with Crippen molar-refractivity contribution in [2.24, 2.45) is 0 Å². The molecule has 3 N–H and O–H groups in total. The van der Waals surface area contributed by atoms with E-state index >= 15 is 0 Å². The number of hydrogen-bond donors (Lipinski definition) is 3. The number of carbonyl (C=O) groups excluding carboxylic acids is 2. The van der Waals surface area contributed by atoms with E-state index in [9.17, 15) is 9.59 Å². The van der Waals surface area contributed by atoms with Crippen LogP contribution in [0.25, 0.3) is 0 Å². The fourth-order valence-electron chi connectivity index (χ4n) is 3.65. The third-order valence-electron chi connectivity index (χ3n) is 5.18. The lowest BCUT2D eigenvalue weighted by Gasteiger charge is -2.29. The Hall–Kier alpha value is -3.23. The molecule has 0 radical (unpaired) electrons. The number of benzene rings is 2. The van der Waals surface area contributed by atoms with Gasteiger partial charge in [-0.2, -0.15) is 0 Å². The average Bonchev–Trinajstić information content (AvgIpc) is 3.25. The Kier molecular flexibility index (Phi) is 6.82. The number of rotatable bonds is 8. The van der Waals surface area contributed by atoms with Crippen molar-refractivity contribution >= 4 is 23.6 Å². The molecule has 2 aliphatic heterocycles. The normalized spacial score (nSPS) is 17.1. The van der Waals surface area contributed by atoms with E-state index < -0.39 is 18.0 Å². The van der Waals surface area contributed by atoms with Crippen molar-refractivity contribution in [3.8, 4) is 11.5 Å². The molecule has 2 aromatic rings. The number of hydrogen-bond acceptors (Lipinski definition) is 6. The van der Waals surface area contributed by atoms with E-state index in [1.165, 1.54) is 0 Å². The van der Waals surface area contributed by atoms with Gasteiger partial charge in [0.25, 0.3) is 0 Å². The van der Waals surface area contributed by atoms with Crippen LogP contribution < -0.4 is 25.4 Å². The van der Waals surface area contributed by atoms with Gasteiger partial charge in [0, 0.05) is 17.3 Å². The molecule has 0 saturated carbocycles. The van der Waals surface area contributed by atoms with Crippen molar-refractivity contribution in [2.45, 2.75) is 19.4 Å². The van der Waals surface area contributed by atoms with Crippen LogP contribution in [0.15, 0.2) is 53.7 Å². The van der Waals surface area contributed by atoms with Crippen molar-refractivity contribution in [2.75, 3.05) is 26.5 Å². The molecule has 2 aliphatic rings. The molecule has 0 bridgehead atoms. The molecule has 0 spiro atoms. The predicted octanol–water partition coefficient (Wildman–Crippen LogP) is 3.07. The molecule has 0 saturated heterocycles. The van der Waals surface area contributed by atoms with E-state index in [1.54, 1.807) is 25.1 Å². The second-order valence-electron chi connectivity index (χ2n) is 7.31. The molecule has 2 heterocycles. The fourth-order valence-corrected chi connectivity index (χ4v) is 3.77. The molecule has 8 nitrogen and oxygen atoms in total. The number of fused-ring (bicyclic) bond motifs is 1. The summed E-state index contributed by atoms with van der Waals surface area (Å²) in [4.78, 5) is 25.2. The molecular formula is C23H24ClN3O5. The minimum Gasteiger partial charge on any atom is -0.463 e. The van der Waals surface area contributed by atoms with E-state index in [0.29, 0.717) is 46.4 Å². The second kappa shape index (κ2) is 9.93. The van der Waals surface area contributed by atoms with Gasteiger partial charge in [0.15, 0.2) is 11.5 Å². The first-order valence-corrected chi connectivity index (χ1v) is 10.8. The van der Waals surface area contributed by atoms with E-state index in [2.05, 4.69) is 16.0 Å². The van der Waals surface area contributed by atoms with E-state index in [-0.39, 0.29) is 13.4 Å². The Labute approximate surface area is 190 Å². The summed E-state index contributed by atoms with van der Waals surface area (Å²) in [6.07, 6.45) is 0.775. The predicted molar refractivity (Wildman–Crippen MR) is 119 cm³/mol. The first-order chi connectivity index (χ1) is 15.5. The summed E-state index contributed by atoms with van der Waals surface area (Å²) in [6.45, 7) is 3.06. The van der Waals surface area contributed by atoms with Gasteiger partial charge in [0.2, 0.25) is 6.79 Å². The van der Waals surface area contributed by atoms with Crippen LogP contribution in [0.2, 0.25) is 5.02 Å². The summed E-state index contributed by atoms with van der Waals surface area (Å²) in [5, 5.41) is 9.56. The SMILES string of the molecule is CCOC(=O)C1=C(CNCCc2ccc(Cl)cc2)NC(=O)N[C@@H]1c1ccc2c(c1)OCO2. The van der Waals surface area contributed by atoms with Crippen LogP contribution in [0.4, 0.5) is 4.79 Å². The molecule has 0 fully saturated rings. The molecule has 2 amide bonds. The summed E-state index contributed by atoms with van der Waals surface area (Å²) in [5.74, 6) is 0.707. The molecule has 9 heteroatoms. The van der Waals surface area contributed by atoms with E-state index in [0.717, 1.165) is 12.0 Å². The average molecular weight is 458 g/mol. The summed E-state index contributed by atoms with van der Waals surface area (Å²) in [7, 11) is 0. The number of esters is 1. The number of ether oxygens (including phenoxy) is 3. The van der Waals surface area contributed by atoms with Crippen LogP contribution in [0.5, 0.6) is 11.5 Å². The highest BCUT2D eigenvalue weighted by atomic mass is 35.5. The lowest BCUT2D eigenvalue weighted by molar-refractivity contribution is -0.139. The van der Waals surface area contributed by atoms with Crippen LogP contribution in [-0.4, -0.2) is 38.5 Å². The van der Waals surface area contributed by atoms with Crippen LogP contribution in [0.3, 0.4) is 0 Å². The summed E-state index contributed by atoms with van der Waals surface area (Å²) in [5.41, 5.74) is 2.66. The number of nitrogens with one attached hydrogen (secondary N) is 3. The summed E-state index contributed by atoms with van der Waals surface area (Å²) in [6, 6.07) is 11.9. The zero-order chi connectivity index (χ0) is 22.5. The minimum absolute atomic E-state index is 0.140. The van der Waals surface area contributed by atoms with Crippen LogP contribution in [-0.2, 0) is 16.0 Å². The quantitative estimate of drug-likeness (QED) is 0.416. The highest BCUT2D eigenvalue weighted by Crippen LogP contribution is 2.37. The first-order valence-electron chi connectivity index (χ1n) is 10.4. The van der Waals surface area contributed by atoms with E-state index in [4.69, 9.17) is 25.8 Å². The highest BCUT2D eigenvalue weighted by molar-refractivity contribution is 6.30. The van der Waals surface area contributed by atoms with Crippen molar-refractivity contribution in [3.05, 3.63) is 69.9 Å².